The van der Waals surface area contributed by atoms with E-state index < -0.39 is 0 Å². The van der Waals surface area contributed by atoms with Gasteiger partial charge in [-0.1, -0.05) is 48.9 Å². The number of aryl methyl sites for hydroxylation is 1. The molecule has 0 aliphatic rings. The van der Waals surface area contributed by atoms with Crippen LogP contribution in [-0.2, 0) is 19.6 Å². The lowest BCUT2D eigenvalue weighted by Gasteiger charge is -2.15. The summed E-state index contributed by atoms with van der Waals surface area (Å²) in [5.74, 6) is 1.36. The van der Waals surface area contributed by atoms with Gasteiger partial charge in [-0.05, 0) is 43.8 Å². The van der Waals surface area contributed by atoms with Gasteiger partial charge in [0.05, 0.1) is 12.2 Å². The Balaban J connectivity index is 1.52. The van der Waals surface area contributed by atoms with Crippen molar-refractivity contribution in [3.63, 3.8) is 0 Å². The zero-order chi connectivity index (χ0) is 21.3. The van der Waals surface area contributed by atoms with Crippen molar-refractivity contribution in [2.75, 3.05) is 20.6 Å². The third-order valence-electron chi connectivity index (χ3n) is 4.95. The van der Waals surface area contributed by atoms with Crippen LogP contribution < -0.4 is 10.6 Å². The van der Waals surface area contributed by atoms with Crippen molar-refractivity contribution in [1.29, 1.82) is 0 Å². The van der Waals surface area contributed by atoms with E-state index in [1.807, 2.05) is 12.1 Å². The molecule has 2 aromatic carbocycles. The Labute approximate surface area is 179 Å². The number of guanidine groups is 1. The number of oxazole rings is 1. The second-order valence-electron chi connectivity index (χ2n) is 7.44. The van der Waals surface area contributed by atoms with Crippen LogP contribution in [0.15, 0.2) is 64.2 Å². The van der Waals surface area contributed by atoms with E-state index in [1.165, 1.54) is 16.7 Å². The predicted molar refractivity (Wildman–Crippen MR) is 122 cm³/mol. The minimum Gasteiger partial charge on any atom is -0.444 e. The SMILES string of the molecule is CCN(C)Cc1cccc(CNC(=NC)NCc2coc(-c3ccc(C)cc3)n2)c1. The topological polar surface area (TPSA) is 65.7 Å². The quantitative estimate of drug-likeness (QED) is 0.439. The number of aromatic nitrogens is 1. The number of rotatable bonds is 8. The van der Waals surface area contributed by atoms with Crippen LogP contribution in [0.4, 0.5) is 0 Å². The molecule has 0 fully saturated rings. The maximum absolute atomic E-state index is 5.62. The van der Waals surface area contributed by atoms with Crippen molar-refractivity contribution < 1.29 is 4.42 Å². The first kappa shape index (κ1) is 21.6. The van der Waals surface area contributed by atoms with Crippen LogP contribution in [-0.4, -0.2) is 36.5 Å². The summed E-state index contributed by atoms with van der Waals surface area (Å²) in [6.45, 7) is 7.46. The van der Waals surface area contributed by atoms with E-state index in [9.17, 15) is 0 Å². The molecule has 0 radical (unpaired) electrons. The minimum atomic E-state index is 0.538. The summed E-state index contributed by atoms with van der Waals surface area (Å²) in [6.07, 6.45) is 1.68. The lowest BCUT2D eigenvalue weighted by molar-refractivity contribution is 0.345. The monoisotopic (exact) mass is 405 g/mol. The van der Waals surface area contributed by atoms with Gasteiger partial charge in [0, 0.05) is 25.7 Å². The molecule has 1 aromatic heterocycles. The zero-order valence-corrected chi connectivity index (χ0v) is 18.3. The van der Waals surface area contributed by atoms with E-state index in [4.69, 9.17) is 4.42 Å². The highest BCUT2D eigenvalue weighted by Gasteiger charge is 2.08. The molecule has 2 N–H and O–H groups in total. The fourth-order valence-electron chi connectivity index (χ4n) is 3.06. The lowest BCUT2D eigenvalue weighted by Crippen LogP contribution is -2.36. The summed E-state index contributed by atoms with van der Waals surface area (Å²) in [6, 6.07) is 16.8. The first-order valence-electron chi connectivity index (χ1n) is 10.3. The molecule has 0 aliphatic heterocycles. The number of hydrogen-bond acceptors (Lipinski definition) is 4. The smallest absolute Gasteiger partial charge is 0.226 e. The molecule has 0 saturated heterocycles. The molecule has 30 heavy (non-hydrogen) atoms. The van der Waals surface area contributed by atoms with Crippen molar-refractivity contribution in [1.82, 2.24) is 20.5 Å². The normalized spacial score (nSPS) is 11.7. The van der Waals surface area contributed by atoms with Crippen LogP contribution in [0.25, 0.3) is 11.5 Å². The molecule has 0 unspecified atom stereocenters. The fraction of sp³-hybridized carbons (Fsp3) is 0.333. The van der Waals surface area contributed by atoms with Crippen molar-refractivity contribution >= 4 is 5.96 Å². The first-order valence-corrected chi connectivity index (χ1v) is 10.3. The van der Waals surface area contributed by atoms with Crippen LogP contribution >= 0.6 is 0 Å². The van der Waals surface area contributed by atoms with Crippen LogP contribution in [0.2, 0.25) is 0 Å². The van der Waals surface area contributed by atoms with Crippen molar-refractivity contribution in [3.8, 4) is 11.5 Å². The van der Waals surface area contributed by atoms with Gasteiger partial charge in [-0.2, -0.15) is 0 Å². The standard InChI is InChI=1S/C24H31N5O/c1-5-29(4)16-20-8-6-7-19(13-20)14-26-24(25-3)27-15-22-17-30-23(28-22)21-11-9-18(2)10-12-21/h6-13,17H,5,14-16H2,1-4H3,(H2,25,26,27). The van der Waals surface area contributed by atoms with Crippen molar-refractivity contribution in [3.05, 3.63) is 77.2 Å². The highest BCUT2D eigenvalue weighted by atomic mass is 16.3. The highest BCUT2D eigenvalue weighted by Crippen LogP contribution is 2.19. The van der Waals surface area contributed by atoms with E-state index in [0.29, 0.717) is 19.0 Å². The van der Waals surface area contributed by atoms with E-state index in [2.05, 4.69) is 82.8 Å². The molecular formula is C24H31N5O. The van der Waals surface area contributed by atoms with Crippen molar-refractivity contribution in [2.24, 2.45) is 4.99 Å². The molecule has 0 aliphatic carbocycles. The molecule has 6 heteroatoms. The Morgan fingerprint density at radius 1 is 1.07 bits per heavy atom. The van der Waals surface area contributed by atoms with Crippen LogP contribution in [0.5, 0.6) is 0 Å². The summed E-state index contributed by atoms with van der Waals surface area (Å²) in [5.41, 5.74) is 5.56. The Bertz CT molecular complexity index is 962. The molecule has 1 heterocycles. The Hall–Kier alpha value is -3.12. The Kier molecular flexibility index (Phi) is 7.63. The summed E-state index contributed by atoms with van der Waals surface area (Å²) in [7, 11) is 3.90. The van der Waals surface area contributed by atoms with Gasteiger partial charge in [-0.15, -0.1) is 0 Å². The van der Waals surface area contributed by atoms with E-state index in [1.54, 1.807) is 13.3 Å². The Morgan fingerprint density at radius 3 is 2.53 bits per heavy atom. The minimum absolute atomic E-state index is 0.538. The molecule has 0 amide bonds. The maximum atomic E-state index is 5.62. The van der Waals surface area contributed by atoms with Gasteiger partial charge >= 0.3 is 0 Å². The summed E-state index contributed by atoms with van der Waals surface area (Å²) < 4.78 is 5.62. The molecule has 0 bridgehead atoms. The maximum Gasteiger partial charge on any atom is 0.226 e. The highest BCUT2D eigenvalue weighted by molar-refractivity contribution is 5.79. The number of hydrogen-bond donors (Lipinski definition) is 2. The van der Waals surface area contributed by atoms with Gasteiger partial charge in [0.2, 0.25) is 5.89 Å². The van der Waals surface area contributed by atoms with Gasteiger partial charge in [-0.3, -0.25) is 4.99 Å². The molecular weight excluding hydrogens is 374 g/mol. The first-order chi connectivity index (χ1) is 14.6. The number of nitrogens with one attached hydrogen (secondary N) is 2. The summed E-state index contributed by atoms with van der Waals surface area (Å²) in [5, 5.41) is 6.66. The third kappa shape index (κ3) is 6.19. The Morgan fingerprint density at radius 2 is 1.80 bits per heavy atom. The molecule has 3 rings (SSSR count). The molecule has 0 atom stereocenters. The van der Waals surface area contributed by atoms with Crippen LogP contribution in [0.3, 0.4) is 0 Å². The molecule has 0 spiro atoms. The average molecular weight is 406 g/mol. The molecule has 6 nitrogen and oxygen atoms in total. The molecule has 158 valence electrons. The lowest BCUT2D eigenvalue weighted by atomic mass is 10.1. The number of aliphatic imine (C=N–C) groups is 1. The fourth-order valence-corrected chi connectivity index (χ4v) is 3.06. The predicted octanol–water partition coefficient (Wildman–Crippen LogP) is 3.97. The van der Waals surface area contributed by atoms with Gasteiger partial charge in [0.15, 0.2) is 5.96 Å². The van der Waals surface area contributed by atoms with E-state index >= 15 is 0 Å². The van der Waals surface area contributed by atoms with Gasteiger partial charge in [0.1, 0.15) is 6.26 Å². The molecule has 0 saturated carbocycles. The summed E-state index contributed by atoms with van der Waals surface area (Å²) in [4.78, 5) is 11.2. The zero-order valence-electron chi connectivity index (χ0n) is 18.3. The second-order valence-corrected chi connectivity index (χ2v) is 7.44. The van der Waals surface area contributed by atoms with Crippen LogP contribution in [0.1, 0.15) is 29.3 Å². The van der Waals surface area contributed by atoms with E-state index in [0.717, 1.165) is 30.3 Å². The number of nitrogens with zero attached hydrogens (tertiary/aromatic N) is 3. The van der Waals surface area contributed by atoms with Gasteiger partial charge in [-0.25, -0.2) is 4.98 Å². The molecule has 3 aromatic rings. The second kappa shape index (κ2) is 10.6. The summed E-state index contributed by atoms with van der Waals surface area (Å²) >= 11 is 0. The largest absolute Gasteiger partial charge is 0.444 e. The van der Waals surface area contributed by atoms with Gasteiger partial charge < -0.3 is 20.0 Å². The van der Waals surface area contributed by atoms with E-state index in [-0.39, 0.29) is 0 Å². The number of benzene rings is 2. The van der Waals surface area contributed by atoms with Gasteiger partial charge in [0.25, 0.3) is 0 Å². The third-order valence-corrected chi connectivity index (χ3v) is 4.95. The van der Waals surface area contributed by atoms with Crippen LogP contribution in [0, 0.1) is 6.92 Å². The van der Waals surface area contributed by atoms with Crippen molar-refractivity contribution in [2.45, 2.75) is 33.5 Å². The average Bonchev–Trinajstić information content (AvgIpc) is 3.23.